The normalized spacial score (nSPS) is 23.4. The molecule has 1 aliphatic rings. The second-order valence-electron chi connectivity index (χ2n) is 7.98. The molecular weight excluding hydrogens is 280 g/mol. The van der Waals surface area contributed by atoms with Crippen LogP contribution in [0.3, 0.4) is 0 Å². The van der Waals surface area contributed by atoms with Gasteiger partial charge in [-0.3, -0.25) is 4.21 Å². The topological polar surface area (TPSA) is 32.3 Å². The number of nitrogens with zero attached hydrogens (tertiary/aromatic N) is 1. The number of unbranched alkanes of at least 4 members (excludes halogenated alkanes) is 1. The van der Waals surface area contributed by atoms with Crippen LogP contribution in [0.2, 0.25) is 0 Å². The Bertz CT molecular complexity index is 326. The zero-order valence-corrected chi connectivity index (χ0v) is 15.8. The molecule has 4 heteroatoms. The minimum absolute atomic E-state index is 0.199. The Labute approximate surface area is 134 Å². The summed E-state index contributed by atoms with van der Waals surface area (Å²) >= 11 is 0. The Morgan fingerprint density at radius 1 is 1.10 bits per heavy atom. The van der Waals surface area contributed by atoms with Crippen molar-refractivity contribution < 1.29 is 4.21 Å². The van der Waals surface area contributed by atoms with Gasteiger partial charge in [0.1, 0.15) is 0 Å². The van der Waals surface area contributed by atoms with E-state index in [1.807, 2.05) is 6.26 Å². The molecule has 0 radical (unpaired) electrons. The summed E-state index contributed by atoms with van der Waals surface area (Å²) in [6.45, 7) is 13.8. The first-order valence-electron chi connectivity index (χ1n) is 8.48. The van der Waals surface area contributed by atoms with Crippen LogP contribution in [0.4, 0.5) is 0 Å². The van der Waals surface area contributed by atoms with Gasteiger partial charge in [0.2, 0.25) is 0 Å². The average molecular weight is 317 g/mol. The van der Waals surface area contributed by atoms with E-state index < -0.39 is 10.8 Å². The summed E-state index contributed by atoms with van der Waals surface area (Å²) in [6.07, 6.45) is 7.78. The largest absolute Gasteiger partial charge is 0.307 e. The maximum absolute atomic E-state index is 11.3. The van der Waals surface area contributed by atoms with E-state index in [1.165, 1.54) is 32.2 Å². The van der Waals surface area contributed by atoms with Crippen molar-refractivity contribution in [3.05, 3.63) is 0 Å². The smallest absolute Gasteiger partial charge is 0.0244 e. The molecule has 0 bridgehead atoms. The third kappa shape index (κ3) is 7.25. The van der Waals surface area contributed by atoms with E-state index in [9.17, 15) is 4.21 Å². The molecule has 1 saturated heterocycles. The molecule has 3 nitrogen and oxygen atoms in total. The maximum atomic E-state index is 11.3. The van der Waals surface area contributed by atoms with Crippen LogP contribution in [0.1, 0.15) is 66.7 Å². The van der Waals surface area contributed by atoms with Gasteiger partial charge < -0.3 is 10.2 Å². The third-order valence-corrected chi connectivity index (χ3v) is 5.22. The molecular formula is C17H36N2OS. The fourth-order valence-corrected chi connectivity index (χ4v) is 4.37. The quantitative estimate of drug-likeness (QED) is 0.746. The molecule has 0 amide bonds. The highest BCUT2D eigenvalue weighted by Crippen LogP contribution is 2.31. The van der Waals surface area contributed by atoms with E-state index in [0.29, 0.717) is 6.04 Å². The van der Waals surface area contributed by atoms with Gasteiger partial charge in [-0.1, -0.05) is 13.3 Å². The van der Waals surface area contributed by atoms with Crippen molar-refractivity contribution in [1.29, 1.82) is 0 Å². The fourth-order valence-electron chi connectivity index (χ4n) is 3.84. The van der Waals surface area contributed by atoms with Gasteiger partial charge in [0.15, 0.2) is 0 Å². The number of rotatable bonds is 8. The lowest BCUT2D eigenvalue weighted by Gasteiger charge is -2.50. The zero-order chi connectivity index (χ0) is 16.1. The summed E-state index contributed by atoms with van der Waals surface area (Å²) in [4.78, 5) is 2.67. The van der Waals surface area contributed by atoms with E-state index >= 15 is 0 Å². The van der Waals surface area contributed by atoms with E-state index in [2.05, 4.69) is 44.8 Å². The Morgan fingerprint density at radius 2 is 1.62 bits per heavy atom. The average Bonchev–Trinajstić information content (AvgIpc) is 2.29. The number of nitrogens with one attached hydrogen (secondary N) is 1. The van der Waals surface area contributed by atoms with Gasteiger partial charge in [-0.25, -0.2) is 0 Å². The lowest BCUT2D eigenvalue weighted by molar-refractivity contribution is 0.0653. The number of hydrogen-bond acceptors (Lipinski definition) is 3. The molecule has 126 valence electrons. The van der Waals surface area contributed by atoms with Crippen molar-refractivity contribution in [1.82, 2.24) is 10.2 Å². The van der Waals surface area contributed by atoms with Gasteiger partial charge in [0.25, 0.3) is 0 Å². The van der Waals surface area contributed by atoms with Crippen LogP contribution in [0.15, 0.2) is 0 Å². The molecule has 1 heterocycles. The van der Waals surface area contributed by atoms with Crippen LogP contribution in [0.25, 0.3) is 0 Å². The first-order chi connectivity index (χ1) is 9.65. The molecule has 1 fully saturated rings. The van der Waals surface area contributed by atoms with Crippen LogP contribution in [-0.2, 0) is 10.8 Å². The SMILES string of the molecule is CCCCN(CCCS(C)=O)C1CC(C)(C)NC(C)(C)C1. The Balaban J connectivity index is 2.68. The van der Waals surface area contributed by atoms with Gasteiger partial charge >= 0.3 is 0 Å². The predicted octanol–water partition coefficient (Wildman–Crippen LogP) is 3.17. The summed E-state index contributed by atoms with van der Waals surface area (Å²) in [5.41, 5.74) is 0.398. The van der Waals surface area contributed by atoms with Crippen LogP contribution in [0.5, 0.6) is 0 Å². The number of hydrogen-bond donors (Lipinski definition) is 1. The summed E-state index contributed by atoms with van der Waals surface area (Å²) in [6, 6.07) is 0.646. The highest BCUT2D eigenvalue weighted by molar-refractivity contribution is 7.84. The lowest BCUT2D eigenvalue weighted by Crippen LogP contribution is -2.62. The van der Waals surface area contributed by atoms with Crippen molar-refractivity contribution in [2.24, 2.45) is 0 Å². The highest BCUT2D eigenvalue weighted by atomic mass is 32.2. The molecule has 0 aliphatic carbocycles. The first-order valence-corrected chi connectivity index (χ1v) is 10.2. The highest BCUT2D eigenvalue weighted by Gasteiger charge is 2.39. The minimum Gasteiger partial charge on any atom is -0.307 e. The Hall–Kier alpha value is 0.0700. The van der Waals surface area contributed by atoms with E-state index in [1.54, 1.807) is 0 Å². The Morgan fingerprint density at radius 3 is 2.10 bits per heavy atom. The van der Waals surface area contributed by atoms with Crippen LogP contribution in [0, 0.1) is 0 Å². The van der Waals surface area contributed by atoms with Crippen molar-refractivity contribution in [2.45, 2.75) is 83.8 Å². The second kappa shape index (κ2) is 8.07. The molecule has 0 aromatic heterocycles. The Kier molecular flexibility index (Phi) is 7.35. The second-order valence-corrected chi connectivity index (χ2v) is 9.53. The molecule has 0 spiro atoms. The zero-order valence-electron chi connectivity index (χ0n) is 15.0. The molecule has 0 saturated carbocycles. The third-order valence-electron chi connectivity index (χ3n) is 4.36. The van der Waals surface area contributed by atoms with E-state index in [-0.39, 0.29) is 11.1 Å². The monoisotopic (exact) mass is 316 g/mol. The summed E-state index contributed by atoms with van der Waals surface area (Å²) in [5, 5.41) is 3.77. The minimum atomic E-state index is -0.662. The van der Waals surface area contributed by atoms with Gasteiger partial charge in [-0.05, 0) is 66.5 Å². The maximum Gasteiger partial charge on any atom is 0.0244 e. The first kappa shape index (κ1) is 19.1. The molecule has 1 rings (SSSR count). The summed E-state index contributed by atoms with van der Waals surface area (Å²) < 4.78 is 11.3. The fraction of sp³-hybridized carbons (Fsp3) is 1.00. The van der Waals surface area contributed by atoms with Crippen molar-refractivity contribution in [2.75, 3.05) is 25.1 Å². The van der Waals surface area contributed by atoms with Gasteiger partial charge in [-0.2, -0.15) is 0 Å². The van der Waals surface area contributed by atoms with Crippen molar-refractivity contribution >= 4 is 10.8 Å². The van der Waals surface area contributed by atoms with Crippen LogP contribution in [-0.4, -0.2) is 51.3 Å². The predicted molar refractivity (Wildman–Crippen MR) is 94.3 cm³/mol. The summed E-state index contributed by atoms with van der Waals surface area (Å²) in [5.74, 6) is 0.834. The molecule has 21 heavy (non-hydrogen) atoms. The van der Waals surface area contributed by atoms with Gasteiger partial charge in [-0.15, -0.1) is 0 Å². The lowest BCUT2D eigenvalue weighted by atomic mass is 9.79. The van der Waals surface area contributed by atoms with E-state index in [0.717, 1.165) is 18.7 Å². The molecule has 0 aromatic rings. The van der Waals surface area contributed by atoms with Crippen molar-refractivity contribution in [3.63, 3.8) is 0 Å². The number of piperidine rings is 1. The molecule has 1 N–H and O–H groups in total. The van der Waals surface area contributed by atoms with Crippen molar-refractivity contribution in [3.8, 4) is 0 Å². The molecule has 1 unspecified atom stereocenters. The van der Waals surface area contributed by atoms with Gasteiger partial charge in [0, 0.05) is 39.9 Å². The van der Waals surface area contributed by atoms with Crippen LogP contribution >= 0.6 is 0 Å². The van der Waals surface area contributed by atoms with E-state index in [4.69, 9.17) is 0 Å². The van der Waals surface area contributed by atoms with Crippen LogP contribution < -0.4 is 5.32 Å². The standard InChI is InChI=1S/C17H36N2OS/c1-7-8-10-19(11-9-12-21(6)20)15-13-16(2,3)18-17(4,5)14-15/h15,18H,7-14H2,1-6H3. The molecule has 1 aliphatic heterocycles. The summed E-state index contributed by atoms with van der Waals surface area (Å²) in [7, 11) is -0.662. The van der Waals surface area contributed by atoms with Gasteiger partial charge in [0.05, 0.1) is 0 Å². The molecule has 1 atom stereocenters. The molecule has 0 aromatic carbocycles.